The standard InChI is InChI=1S/C8H17NO/c1-9(2)6-8-4-3-5-10-7-8/h8-9H,1,3-7H2,2H3. The number of quaternary nitrogens is 1. The molecule has 0 spiro atoms. The van der Waals surface area contributed by atoms with Crippen molar-refractivity contribution in [3.05, 3.63) is 7.05 Å². The number of rotatable bonds is 2. The third-order valence-corrected chi connectivity index (χ3v) is 1.89. The number of hydrogen-bond acceptors (Lipinski definition) is 1. The average Bonchev–Trinajstić information content (AvgIpc) is 1.88. The summed E-state index contributed by atoms with van der Waals surface area (Å²) in [5, 5.41) is 0. The maximum absolute atomic E-state index is 5.34. The Kier molecular flexibility index (Phi) is 3.16. The molecule has 1 fully saturated rings. The summed E-state index contributed by atoms with van der Waals surface area (Å²) in [6.45, 7) is 3.07. The van der Waals surface area contributed by atoms with Crippen LogP contribution in [0.2, 0.25) is 0 Å². The highest BCUT2D eigenvalue weighted by Crippen LogP contribution is 2.10. The van der Waals surface area contributed by atoms with Crippen LogP contribution in [0.4, 0.5) is 0 Å². The fourth-order valence-electron chi connectivity index (χ4n) is 1.46. The molecule has 2 nitrogen and oxygen atoms in total. The van der Waals surface area contributed by atoms with Crippen molar-refractivity contribution in [1.29, 1.82) is 0 Å². The van der Waals surface area contributed by atoms with Gasteiger partial charge in [0, 0.05) is 19.6 Å². The minimum atomic E-state index is 0.756. The van der Waals surface area contributed by atoms with Crippen molar-refractivity contribution < 1.29 is 9.64 Å². The summed E-state index contributed by atoms with van der Waals surface area (Å²) in [7, 11) is 5.99. The van der Waals surface area contributed by atoms with Crippen LogP contribution in [0.3, 0.4) is 0 Å². The maximum Gasteiger partial charge on any atom is 0.0579 e. The average molecular weight is 143 g/mol. The Morgan fingerprint density at radius 2 is 2.50 bits per heavy atom. The summed E-state index contributed by atoms with van der Waals surface area (Å²) in [6, 6.07) is 0. The van der Waals surface area contributed by atoms with E-state index >= 15 is 0 Å². The van der Waals surface area contributed by atoms with Crippen molar-refractivity contribution in [2.75, 3.05) is 26.8 Å². The van der Waals surface area contributed by atoms with E-state index in [1.807, 2.05) is 0 Å². The topological polar surface area (TPSA) is 13.7 Å². The molecule has 0 amide bonds. The van der Waals surface area contributed by atoms with E-state index in [0.717, 1.165) is 25.7 Å². The number of ether oxygens (including phenoxy) is 1. The Hall–Kier alpha value is -0.0800. The lowest BCUT2D eigenvalue weighted by molar-refractivity contribution is -0.836. The molecule has 1 N–H and O–H groups in total. The smallest absolute Gasteiger partial charge is 0.0579 e. The van der Waals surface area contributed by atoms with Crippen molar-refractivity contribution in [3.8, 4) is 0 Å². The van der Waals surface area contributed by atoms with E-state index in [1.165, 1.54) is 17.7 Å². The lowest BCUT2D eigenvalue weighted by Crippen LogP contribution is -3.04. The van der Waals surface area contributed by atoms with Gasteiger partial charge in [-0.1, -0.05) is 0 Å². The minimum absolute atomic E-state index is 0.756. The van der Waals surface area contributed by atoms with Crippen LogP contribution in [-0.2, 0) is 4.74 Å². The lowest BCUT2D eigenvalue weighted by atomic mass is 10.0. The zero-order valence-electron chi connectivity index (χ0n) is 6.73. The Balaban J connectivity index is 2.13. The van der Waals surface area contributed by atoms with Crippen LogP contribution in [-0.4, -0.2) is 26.8 Å². The molecule has 1 aliphatic heterocycles. The van der Waals surface area contributed by atoms with Crippen LogP contribution >= 0.6 is 0 Å². The lowest BCUT2D eigenvalue weighted by Gasteiger charge is -2.25. The van der Waals surface area contributed by atoms with Gasteiger partial charge in [0.05, 0.1) is 13.2 Å². The van der Waals surface area contributed by atoms with Gasteiger partial charge in [0.1, 0.15) is 0 Å². The first-order valence-corrected chi connectivity index (χ1v) is 4.01. The first-order valence-electron chi connectivity index (χ1n) is 4.01. The van der Waals surface area contributed by atoms with E-state index in [2.05, 4.69) is 14.1 Å². The number of nitrogens with one attached hydrogen (secondary N) is 1. The molecule has 1 aliphatic rings. The van der Waals surface area contributed by atoms with E-state index in [1.54, 1.807) is 0 Å². The van der Waals surface area contributed by atoms with Crippen LogP contribution in [0.25, 0.3) is 0 Å². The van der Waals surface area contributed by atoms with Gasteiger partial charge in [-0.25, -0.2) is 0 Å². The highest BCUT2D eigenvalue weighted by Gasteiger charge is 2.14. The molecule has 2 atom stereocenters. The van der Waals surface area contributed by atoms with E-state index in [4.69, 9.17) is 4.74 Å². The van der Waals surface area contributed by atoms with Crippen molar-refractivity contribution >= 4 is 0 Å². The maximum atomic E-state index is 5.34. The van der Waals surface area contributed by atoms with Gasteiger partial charge in [-0.05, 0) is 12.8 Å². The SMILES string of the molecule is [CH2-][NH+](C)CC1CCCOC1. The monoisotopic (exact) mass is 143 g/mol. The Labute approximate surface area is 63.2 Å². The van der Waals surface area contributed by atoms with Crippen LogP contribution in [0.1, 0.15) is 12.8 Å². The number of hydrogen-bond donors (Lipinski definition) is 1. The molecular weight excluding hydrogens is 126 g/mol. The molecule has 1 rings (SSSR count). The van der Waals surface area contributed by atoms with Crippen molar-refractivity contribution in [1.82, 2.24) is 0 Å². The molecule has 0 radical (unpaired) electrons. The molecule has 2 unspecified atom stereocenters. The Morgan fingerprint density at radius 1 is 1.70 bits per heavy atom. The highest BCUT2D eigenvalue weighted by atomic mass is 16.5. The molecular formula is C8H17NO. The van der Waals surface area contributed by atoms with Gasteiger partial charge >= 0.3 is 0 Å². The summed E-state index contributed by atoms with van der Waals surface area (Å²) in [4.78, 5) is 1.29. The molecule has 0 bridgehead atoms. The fourth-order valence-corrected chi connectivity index (χ4v) is 1.46. The molecule has 1 heterocycles. The Morgan fingerprint density at radius 3 is 3.00 bits per heavy atom. The summed E-state index contributed by atoms with van der Waals surface area (Å²) < 4.78 is 5.34. The van der Waals surface area contributed by atoms with Gasteiger partial charge in [0.25, 0.3) is 0 Å². The second-order valence-electron chi connectivity index (χ2n) is 3.24. The zero-order valence-corrected chi connectivity index (χ0v) is 6.73. The Bertz CT molecular complexity index is 87.3. The van der Waals surface area contributed by atoms with Gasteiger partial charge in [0.15, 0.2) is 0 Å². The predicted octanol–water partition coefficient (Wildman–Crippen LogP) is -0.281. The third kappa shape index (κ3) is 2.67. The van der Waals surface area contributed by atoms with Crippen LogP contribution in [0.5, 0.6) is 0 Å². The van der Waals surface area contributed by atoms with Crippen molar-refractivity contribution in [2.45, 2.75) is 12.8 Å². The van der Waals surface area contributed by atoms with E-state index < -0.39 is 0 Å². The molecule has 0 saturated carbocycles. The van der Waals surface area contributed by atoms with Gasteiger partial charge < -0.3 is 9.64 Å². The molecule has 10 heavy (non-hydrogen) atoms. The van der Waals surface area contributed by atoms with Gasteiger partial charge in [-0.2, -0.15) is 7.05 Å². The minimum Gasteiger partial charge on any atom is -0.470 e. The predicted molar refractivity (Wildman–Crippen MR) is 40.7 cm³/mol. The molecule has 60 valence electrons. The van der Waals surface area contributed by atoms with Gasteiger partial charge in [-0.15, -0.1) is 0 Å². The third-order valence-electron chi connectivity index (χ3n) is 1.89. The van der Waals surface area contributed by atoms with Gasteiger partial charge in [-0.3, -0.25) is 0 Å². The van der Waals surface area contributed by atoms with Gasteiger partial charge in [0.2, 0.25) is 0 Å². The van der Waals surface area contributed by atoms with Crippen LogP contribution in [0, 0.1) is 13.0 Å². The summed E-state index contributed by atoms with van der Waals surface area (Å²) in [6.07, 6.45) is 2.56. The van der Waals surface area contributed by atoms with Crippen molar-refractivity contribution in [3.63, 3.8) is 0 Å². The van der Waals surface area contributed by atoms with Crippen molar-refractivity contribution in [2.24, 2.45) is 5.92 Å². The molecule has 0 aliphatic carbocycles. The van der Waals surface area contributed by atoms with E-state index in [9.17, 15) is 0 Å². The highest BCUT2D eigenvalue weighted by molar-refractivity contribution is 4.60. The second-order valence-corrected chi connectivity index (χ2v) is 3.24. The molecule has 1 saturated heterocycles. The largest absolute Gasteiger partial charge is 0.470 e. The van der Waals surface area contributed by atoms with E-state index in [0.29, 0.717) is 0 Å². The normalized spacial score (nSPS) is 30.0. The molecule has 0 aromatic rings. The quantitative estimate of drug-likeness (QED) is 0.525. The first kappa shape index (κ1) is 8.02. The molecule has 0 aromatic carbocycles. The van der Waals surface area contributed by atoms with Crippen LogP contribution < -0.4 is 4.90 Å². The summed E-state index contributed by atoms with van der Waals surface area (Å²) in [5.74, 6) is 0.756. The fraction of sp³-hybridized carbons (Fsp3) is 0.875. The second kappa shape index (κ2) is 3.94. The summed E-state index contributed by atoms with van der Waals surface area (Å²) >= 11 is 0. The molecule has 0 aromatic heterocycles. The molecule has 2 heteroatoms. The zero-order chi connectivity index (χ0) is 7.40. The van der Waals surface area contributed by atoms with Crippen LogP contribution in [0.15, 0.2) is 0 Å². The first-order chi connectivity index (χ1) is 4.79. The summed E-state index contributed by atoms with van der Waals surface area (Å²) in [5.41, 5.74) is 0. The van der Waals surface area contributed by atoms with E-state index in [-0.39, 0.29) is 0 Å².